The number of hydrogen-bond donors (Lipinski definition) is 3. The van der Waals surface area contributed by atoms with Gasteiger partial charge in [-0.25, -0.2) is 14.8 Å². The van der Waals surface area contributed by atoms with Crippen molar-refractivity contribution < 1.29 is 22.8 Å². The first-order valence-corrected chi connectivity index (χ1v) is 14.3. The van der Waals surface area contributed by atoms with Crippen LogP contribution in [0.5, 0.6) is 0 Å². The van der Waals surface area contributed by atoms with Crippen molar-refractivity contribution in [1.82, 2.24) is 20.3 Å². The van der Waals surface area contributed by atoms with Crippen molar-refractivity contribution in [3.63, 3.8) is 0 Å². The fraction of sp³-hybridized carbons (Fsp3) is 0.258. The number of urea groups is 1. The third kappa shape index (κ3) is 6.36. The number of amides is 3. The van der Waals surface area contributed by atoms with Crippen LogP contribution in [-0.2, 0) is 12.7 Å². The van der Waals surface area contributed by atoms with E-state index in [9.17, 15) is 22.8 Å². The SMILES string of the molecule is Cc1ccc(NC(=O)c2cccc(C(F)(F)F)c2)cc1N1Cc2cnc(Nc3ccc(N4CCNCC4)nc3)nc2N(C)C1=O. The first-order valence-electron chi connectivity index (χ1n) is 14.3. The number of aromatic nitrogens is 3. The zero-order chi connectivity index (χ0) is 31.7. The van der Waals surface area contributed by atoms with Gasteiger partial charge in [-0.15, -0.1) is 0 Å². The van der Waals surface area contributed by atoms with Crippen molar-refractivity contribution in [2.24, 2.45) is 0 Å². The summed E-state index contributed by atoms with van der Waals surface area (Å²) in [4.78, 5) is 45.1. The molecule has 0 radical (unpaired) electrons. The second kappa shape index (κ2) is 12.0. The van der Waals surface area contributed by atoms with Crippen LogP contribution in [0.4, 0.5) is 52.6 Å². The fourth-order valence-corrected chi connectivity index (χ4v) is 5.25. The summed E-state index contributed by atoms with van der Waals surface area (Å²) in [6.07, 6.45) is -1.20. The minimum Gasteiger partial charge on any atom is -0.354 e. The Kier molecular flexibility index (Phi) is 7.97. The van der Waals surface area contributed by atoms with Crippen LogP contribution in [0.25, 0.3) is 0 Å². The lowest BCUT2D eigenvalue weighted by atomic mass is 10.1. The molecule has 0 unspecified atom stereocenters. The van der Waals surface area contributed by atoms with E-state index in [4.69, 9.17) is 0 Å². The lowest BCUT2D eigenvalue weighted by Gasteiger charge is -2.35. The van der Waals surface area contributed by atoms with E-state index in [-0.39, 0.29) is 18.1 Å². The average Bonchev–Trinajstić information content (AvgIpc) is 3.04. The summed E-state index contributed by atoms with van der Waals surface area (Å²) in [5.74, 6) is 0.957. The molecule has 3 N–H and O–H groups in total. The number of piperazine rings is 1. The van der Waals surface area contributed by atoms with Crippen molar-refractivity contribution in [3.8, 4) is 0 Å². The lowest BCUT2D eigenvalue weighted by Crippen LogP contribution is -2.46. The summed E-state index contributed by atoms with van der Waals surface area (Å²) in [6, 6.07) is 12.7. The largest absolute Gasteiger partial charge is 0.416 e. The van der Waals surface area contributed by atoms with Gasteiger partial charge in [0.25, 0.3) is 5.91 Å². The van der Waals surface area contributed by atoms with Crippen LogP contribution in [0.2, 0.25) is 0 Å². The van der Waals surface area contributed by atoms with Gasteiger partial charge in [0.15, 0.2) is 0 Å². The molecular weight excluding hydrogens is 587 g/mol. The van der Waals surface area contributed by atoms with Crippen molar-refractivity contribution in [1.29, 1.82) is 0 Å². The molecule has 0 atom stereocenters. The number of alkyl halides is 3. The Bertz CT molecular complexity index is 1740. The van der Waals surface area contributed by atoms with Crippen molar-refractivity contribution in [2.75, 3.05) is 58.6 Å². The van der Waals surface area contributed by atoms with E-state index < -0.39 is 17.6 Å². The monoisotopic (exact) mass is 617 g/mol. The number of carbonyl (C=O) groups excluding carboxylic acids is 2. The highest BCUT2D eigenvalue weighted by atomic mass is 19.4. The first kappa shape index (κ1) is 29.8. The Balaban J connectivity index is 1.18. The van der Waals surface area contributed by atoms with Gasteiger partial charge in [-0.1, -0.05) is 12.1 Å². The maximum atomic E-state index is 13.5. The minimum atomic E-state index is -4.57. The average molecular weight is 618 g/mol. The molecule has 6 rings (SSSR count). The van der Waals surface area contributed by atoms with Gasteiger partial charge in [0, 0.05) is 56.2 Å². The number of halogens is 3. The highest BCUT2D eigenvalue weighted by Crippen LogP contribution is 2.34. The number of benzene rings is 2. The third-order valence-electron chi connectivity index (χ3n) is 7.66. The number of anilines is 6. The van der Waals surface area contributed by atoms with Crippen LogP contribution in [0, 0.1) is 6.92 Å². The predicted octanol–water partition coefficient (Wildman–Crippen LogP) is 5.18. The molecule has 232 valence electrons. The highest BCUT2D eigenvalue weighted by Gasteiger charge is 2.32. The van der Waals surface area contributed by atoms with Gasteiger partial charge in [0.05, 0.1) is 29.7 Å². The molecule has 2 aromatic heterocycles. The van der Waals surface area contributed by atoms with Crippen LogP contribution in [0.15, 0.2) is 67.0 Å². The van der Waals surface area contributed by atoms with Gasteiger partial charge in [0.1, 0.15) is 11.6 Å². The molecule has 11 nitrogen and oxygen atoms in total. The number of aryl methyl sites for hydroxylation is 1. The molecule has 3 amide bonds. The molecule has 0 spiro atoms. The molecule has 0 aliphatic carbocycles. The normalized spacial score (nSPS) is 15.1. The van der Waals surface area contributed by atoms with E-state index in [0.29, 0.717) is 34.4 Å². The summed E-state index contributed by atoms with van der Waals surface area (Å²) < 4.78 is 39.4. The molecule has 1 saturated heterocycles. The van der Waals surface area contributed by atoms with Crippen LogP contribution in [-0.4, -0.2) is 60.1 Å². The van der Waals surface area contributed by atoms with E-state index in [1.54, 1.807) is 37.6 Å². The minimum absolute atomic E-state index is 0.137. The molecule has 0 saturated carbocycles. The quantitative estimate of drug-likeness (QED) is 0.271. The molecule has 4 heterocycles. The number of fused-ring (bicyclic) bond motifs is 1. The number of carbonyl (C=O) groups is 2. The molecule has 2 aliphatic heterocycles. The molecule has 2 aliphatic rings. The number of nitrogens with one attached hydrogen (secondary N) is 3. The van der Waals surface area contributed by atoms with Gasteiger partial charge in [0.2, 0.25) is 5.95 Å². The Hall–Kier alpha value is -5.24. The number of hydrogen-bond acceptors (Lipinski definition) is 8. The summed E-state index contributed by atoms with van der Waals surface area (Å²) in [7, 11) is 1.61. The maximum Gasteiger partial charge on any atom is 0.416 e. The van der Waals surface area contributed by atoms with Gasteiger partial charge in [-0.05, 0) is 55.0 Å². The van der Waals surface area contributed by atoms with E-state index in [1.807, 2.05) is 19.1 Å². The van der Waals surface area contributed by atoms with E-state index in [1.165, 1.54) is 21.9 Å². The molecule has 4 aromatic rings. The van der Waals surface area contributed by atoms with Crippen LogP contribution in [0.1, 0.15) is 27.0 Å². The van der Waals surface area contributed by atoms with Crippen molar-refractivity contribution >= 4 is 46.6 Å². The second-order valence-electron chi connectivity index (χ2n) is 10.8. The zero-order valence-corrected chi connectivity index (χ0v) is 24.5. The standard InChI is InChI=1S/C31H30F3N9O2/c1-19-6-7-23(38-28(44)20-4-3-5-22(14-20)31(32,33)34)15-25(19)43-18-21-16-37-29(40-27(21)41(2)30(43)45)39-24-8-9-26(36-17-24)42-12-10-35-11-13-42/h3-9,14-17,35H,10-13,18H2,1-2H3,(H,38,44)(H,37,39,40). The second-order valence-corrected chi connectivity index (χ2v) is 10.8. The van der Waals surface area contributed by atoms with Gasteiger partial charge in [-0.2, -0.15) is 18.2 Å². The summed E-state index contributed by atoms with van der Waals surface area (Å²) in [6.45, 7) is 5.61. The molecule has 0 bridgehead atoms. The van der Waals surface area contributed by atoms with Gasteiger partial charge >= 0.3 is 12.2 Å². The topological polar surface area (TPSA) is 119 Å². The molecule has 2 aromatic carbocycles. The summed E-state index contributed by atoms with van der Waals surface area (Å²) in [5, 5.41) is 9.11. The molecule has 14 heteroatoms. The van der Waals surface area contributed by atoms with E-state index in [0.717, 1.165) is 49.7 Å². The Morgan fingerprint density at radius 1 is 0.978 bits per heavy atom. The van der Waals surface area contributed by atoms with Crippen molar-refractivity contribution in [2.45, 2.75) is 19.6 Å². The highest BCUT2D eigenvalue weighted by molar-refractivity contribution is 6.07. The Morgan fingerprint density at radius 2 is 1.76 bits per heavy atom. The molecule has 1 fully saturated rings. The lowest BCUT2D eigenvalue weighted by molar-refractivity contribution is -0.137. The third-order valence-corrected chi connectivity index (χ3v) is 7.66. The van der Waals surface area contributed by atoms with E-state index >= 15 is 0 Å². The maximum absolute atomic E-state index is 13.5. The van der Waals surface area contributed by atoms with Crippen LogP contribution < -0.4 is 30.7 Å². The Labute approximate surface area is 257 Å². The zero-order valence-electron chi connectivity index (χ0n) is 24.5. The molecular formula is C31H30F3N9O2. The fourth-order valence-electron chi connectivity index (χ4n) is 5.25. The number of pyridine rings is 1. The van der Waals surface area contributed by atoms with Crippen LogP contribution >= 0.6 is 0 Å². The number of rotatable bonds is 6. The summed E-state index contributed by atoms with van der Waals surface area (Å²) >= 11 is 0. The molecule has 45 heavy (non-hydrogen) atoms. The smallest absolute Gasteiger partial charge is 0.354 e. The van der Waals surface area contributed by atoms with Gasteiger partial charge < -0.3 is 20.9 Å². The van der Waals surface area contributed by atoms with E-state index in [2.05, 4.69) is 35.8 Å². The summed E-state index contributed by atoms with van der Waals surface area (Å²) in [5.41, 5.74) is 1.97. The van der Waals surface area contributed by atoms with Crippen LogP contribution in [0.3, 0.4) is 0 Å². The predicted molar refractivity (Wildman–Crippen MR) is 165 cm³/mol. The Morgan fingerprint density at radius 3 is 2.49 bits per heavy atom. The van der Waals surface area contributed by atoms with Crippen molar-refractivity contribution in [3.05, 3.63) is 89.2 Å². The number of nitrogens with zero attached hydrogens (tertiary/aromatic N) is 6. The van der Waals surface area contributed by atoms with Gasteiger partial charge in [-0.3, -0.25) is 14.6 Å². The first-order chi connectivity index (χ1) is 21.6.